The van der Waals surface area contributed by atoms with Crippen LogP contribution in [0.5, 0.6) is 0 Å². The van der Waals surface area contributed by atoms with Crippen molar-refractivity contribution in [1.29, 1.82) is 0 Å². The Labute approximate surface area is 175 Å². The number of aromatic nitrogens is 2. The Balaban J connectivity index is 1.26. The average molecular weight is 407 g/mol. The van der Waals surface area contributed by atoms with Crippen molar-refractivity contribution in [3.05, 3.63) is 53.3 Å². The van der Waals surface area contributed by atoms with Crippen molar-refractivity contribution in [3.8, 4) is 0 Å². The summed E-state index contributed by atoms with van der Waals surface area (Å²) in [4.78, 5) is 39.4. The third-order valence-electron chi connectivity index (χ3n) is 6.64. The second-order valence-electron chi connectivity index (χ2n) is 8.57. The van der Waals surface area contributed by atoms with Gasteiger partial charge in [-0.2, -0.15) is 0 Å². The maximum Gasteiger partial charge on any atom is 0.329 e. The number of carbonyl (C=O) groups is 2. The summed E-state index contributed by atoms with van der Waals surface area (Å²) in [6, 6.07) is 7.72. The molecule has 0 bridgehead atoms. The largest absolute Gasteiger partial charge is 0.330 e. The van der Waals surface area contributed by atoms with E-state index in [0.29, 0.717) is 6.67 Å². The van der Waals surface area contributed by atoms with E-state index in [1.54, 1.807) is 18.5 Å². The zero-order chi connectivity index (χ0) is 20.7. The minimum absolute atomic E-state index is 0.160. The highest BCUT2D eigenvalue weighted by atomic mass is 16.2. The molecule has 2 fully saturated rings. The number of urea groups is 1. The first-order valence-corrected chi connectivity index (χ1v) is 10.7. The molecular formula is C22H27N6O2+. The fourth-order valence-corrected chi connectivity index (χ4v) is 4.78. The fourth-order valence-electron chi connectivity index (χ4n) is 4.78. The van der Waals surface area contributed by atoms with Crippen LogP contribution in [0.1, 0.15) is 30.0 Å². The molecular weight excluding hydrogens is 380 g/mol. The molecule has 1 aliphatic carbocycles. The normalized spacial score (nSPS) is 24.3. The van der Waals surface area contributed by atoms with Gasteiger partial charge < -0.3 is 15.1 Å². The van der Waals surface area contributed by atoms with Crippen LogP contribution in [0, 0.1) is 0 Å². The van der Waals surface area contributed by atoms with E-state index in [0.717, 1.165) is 57.0 Å². The molecule has 5 rings (SSSR count). The van der Waals surface area contributed by atoms with Gasteiger partial charge in [0.25, 0.3) is 5.91 Å². The molecule has 156 valence electrons. The van der Waals surface area contributed by atoms with Crippen molar-refractivity contribution in [2.45, 2.75) is 31.7 Å². The Hall–Kier alpha value is -3.00. The topological polar surface area (TPSA) is 82.9 Å². The first kappa shape index (κ1) is 19.0. The number of quaternary nitrogens is 1. The van der Waals surface area contributed by atoms with Crippen LogP contribution >= 0.6 is 0 Å². The number of carbonyl (C=O) groups excluding carboxylic acids is 2. The fraction of sp³-hybridized carbons (Fsp3) is 0.455. The SMILES string of the molecule is C[C@]1(c2ccc3c(c2)CCC3)NC(=O)N(C[NH+]2CCN(c3ncccn3)CC2)C1=O. The standard InChI is InChI=1S/C22H26N6O2/c1-22(18-7-6-16-4-2-5-17(16)14-18)19(29)28(21(30)25-22)15-26-10-12-27(13-11-26)20-23-8-3-9-24-20/h3,6-9,14H,2,4-5,10-13,15H2,1H3,(H,25,30)/p+1/t22-/m1/s1. The van der Waals surface area contributed by atoms with Gasteiger partial charge in [-0.25, -0.2) is 19.7 Å². The van der Waals surface area contributed by atoms with Crippen LogP contribution in [0.4, 0.5) is 10.7 Å². The smallest absolute Gasteiger partial charge is 0.329 e. The number of fused-ring (bicyclic) bond motifs is 1. The first-order chi connectivity index (χ1) is 14.5. The second kappa shape index (κ2) is 7.36. The van der Waals surface area contributed by atoms with Crippen LogP contribution in [0.3, 0.4) is 0 Å². The second-order valence-corrected chi connectivity index (χ2v) is 8.57. The van der Waals surface area contributed by atoms with Crippen LogP contribution in [0.25, 0.3) is 0 Å². The van der Waals surface area contributed by atoms with Gasteiger partial charge in [0.15, 0.2) is 6.67 Å². The molecule has 8 heteroatoms. The summed E-state index contributed by atoms with van der Waals surface area (Å²) in [5.74, 6) is 0.572. The number of hydrogen-bond donors (Lipinski definition) is 2. The lowest BCUT2D eigenvalue weighted by Crippen LogP contribution is -3.16. The number of benzene rings is 1. The van der Waals surface area contributed by atoms with Gasteiger partial charge in [0.1, 0.15) is 5.54 Å². The third-order valence-corrected chi connectivity index (χ3v) is 6.64. The van der Waals surface area contributed by atoms with Crippen molar-refractivity contribution < 1.29 is 14.5 Å². The summed E-state index contributed by atoms with van der Waals surface area (Å²) in [7, 11) is 0. The van der Waals surface area contributed by atoms with Gasteiger partial charge >= 0.3 is 6.03 Å². The lowest BCUT2D eigenvalue weighted by Gasteiger charge is -2.33. The molecule has 1 atom stereocenters. The lowest BCUT2D eigenvalue weighted by atomic mass is 9.90. The summed E-state index contributed by atoms with van der Waals surface area (Å²) in [5, 5.41) is 2.96. The van der Waals surface area contributed by atoms with Gasteiger partial charge in [0.05, 0.1) is 26.2 Å². The molecule has 8 nitrogen and oxygen atoms in total. The number of piperazine rings is 1. The Morgan fingerprint density at radius 2 is 1.83 bits per heavy atom. The van der Waals surface area contributed by atoms with Gasteiger partial charge in [-0.05, 0) is 48.9 Å². The third kappa shape index (κ3) is 3.21. The summed E-state index contributed by atoms with van der Waals surface area (Å²) < 4.78 is 0. The zero-order valence-electron chi connectivity index (χ0n) is 17.2. The van der Waals surface area contributed by atoms with E-state index in [-0.39, 0.29) is 11.9 Å². The maximum atomic E-state index is 13.3. The molecule has 2 aliphatic heterocycles. The minimum Gasteiger partial charge on any atom is -0.330 e. The summed E-state index contributed by atoms with van der Waals surface area (Å²) >= 11 is 0. The van der Waals surface area contributed by atoms with Crippen molar-refractivity contribution in [3.63, 3.8) is 0 Å². The number of nitrogens with zero attached hydrogens (tertiary/aromatic N) is 4. The molecule has 0 radical (unpaired) electrons. The molecule has 0 saturated carbocycles. The predicted molar refractivity (Wildman–Crippen MR) is 111 cm³/mol. The molecule has 0 unspecified atom stereocenters. The molecule has 2 N–H and O–H groups in total. The molecule has 3 heterocycles. The Bertz CT molecular complexity index is 973. The van der Waals surface area contributed by atoms with E-state index in [1.807, 2.05) is 13.0 Å². The minimum atomic E-state index is -0.992. The highest BCUT2D eigenvalue weighted by molar-refractivity contribution is 6.07. The van der Waals surface area contributed by atoms with Gasteiger partial charge in [0, 0.05) is 12.4 Å². The van der Waals surface area contributed by atoms with Crippen LogP contribution in [-0.2, 0) is 23.2 Å². The number of nitrogens with one attached hydrogen (secondary N) is 2. The van der Waals surface area contributed by atoms with E-state index in [2.05, 4.69) is 32.3 Å². The molecule has 3 aliphatic rings. The quantitative estimate of drug-likeness (QED) is 0.703. The first-order valence-electron chi connectivity index (χ1n) is 10.7. The molecule has 1 aromatic carbocycles. The molecule has 1 aromatic heterocycles. The Kier molecular flexibility index (Phi) is 4.66. The van der Waals surface area contributed by atoms with Crippen molar-refractivity contribution in [2.24, 2.45) is 0 Å². The predicted octanol–water partition coefficient (Wildman–Crippen LogP) is 0.0949. The van der Waals surface area contributed by atoms with Crippen LogP contribution in [0.15, 0.2) is 36.7 Å². The average Bonchev–Trinajstić information content (AvgIpc) is 3.33. The van der Waals surface area contributed by atoms with Gasteiger partial charge in [0.2, 0.25) is 5.95 Å². The van der Waals surface area contributed by atoms with Crippen LogP contribution in [-0.4, -0.2) is 59.7 Å². The number of amides is 3. The molecule has 0 spiro atoms. The van der Waals surface area contributed by atoms with Gasteiger partial charge in [-0.3, -0.25) is 4.79 Å². The lowest BCUT2D eigenvalue weighted by molar-refractivity contribution is -0.907. The van der Waals surface area contributed by atoms with E-state index >= 15 is 0 Å². The zero-order valence-corrected chi connectivity index (χ0v) is 17.2. The monoisotopic (exact) mass is 407 g/mol. The number of anilines is 1. The van der Waals surface area contributed by atoms with Crippen molar-refractivity contribution in [2.75, 3.05) is 37.7 Å². The van der Waals surface area contributed by atoms with E-state index < -0.39 is 5.54 Å². The number of rotatable bonds is 4. The van der Waals surface area contributed by atoms with Gasteiger partial charge in [-0.1, -0.05) is 18.2 Å². The number of aryl methyl sites for hydroxylation is 2. The molecule has 2 saturated heterocycles. The van der Waals surface area contributed by atoms with Crippen LogP contribution < -0.4 is 15.1 Å². The highest BCUT2D eigenvalue weighted by Crippen LogP contribution is 2.32. The van der Waals surface area contributed by atoms with Crippen molar-refractivity contribution >= 4 is 17.9 Å². The number of hydrogen-bond acceptors (Lipinski definition) is 5. The van der Waals surface area contributed by atoms with E-state index in [9.17, 15) is 9.59 Å². The number of imide groups is 1. The van der Waals surface area contributed by atoms with E-state index in [1.165, 1.54) is 20.9 Å². The summed E-state index contributed by atoms with van der Waals surface area (Å²) in [5.41, 5.74) is 2.55. The Morgan fingerprint density at radius 3 is 2.60 bits per heavy atom. The summed E-state index contributed by atoms with van der Waals surface area (Å²) in [6.45, 7) is 5.45. The molecule has 2 aromatic rings. The van der Waals surface area contributed by atoms with E-state index in [4.69, 9.17) is 0 Å². The Morgan fingerprint density at radius 1 is 1.10 bits per heavy atom. The van der Waals surface area contributed by atoms with Crippen LogP contribution in [0.2, 0.25) is 0 Å². The summed E-state index contributed by atoms with van der Waals surface area (Å²) in [6.07, 6.45) is 6.79. The molecule has 30 heavy (non-hydrogen) atoms. The molecule has 3 amide bonds. The maximum absolute atomic E-state index is 13.3. The highest BCUT2D eigenvalue weighted by Gasteiger charge is 2.50. The van der Waals surface area contributed by atoms with Crippen molar-refractivity contribution in [1.82, 2.24) is 20.2 Å². The van der Waals surface area contributed by atoms with Gasteiger partial charge in [-0.15, -0.1) is 0 Å².